The molecule has 1 aliphatic carbocycles. The second kappa shape index (κ2) is 15.5. The first-order valence-corrected chi connectivity index (χ1v) is 30.1. The normalized spacial score (nSPS) is 13.4. The SMILES string of the molecule is Cc1ccc(N(c2ccc([Si](C)(C)C)cc2)c2ccc3c(c2)C2(c4ccccc4Oc4ccccc42)c2cc(N(c4ccc([Si](C)(C)C)cc4)c4ccc(C)cn4)c4ccccc4c2-3)nc1. The minimum Gasteiger partial charge on any atom is -0.457 e. The molecule has 1 aliphatic heterocycles. The molecule has 7 aromatic carbocycles. The number of aryl methyl sites for hydroxylation is 2. The molecule has 324 valence electrons. The lowest BCUT2D eigenvalue weighted by Crippen LogP contribution is -2.37. The maximum absolute atomic E-state index is 6.88. The maximum atomic E-state index is 6.88. The number of para-hydroxylation sites is 2. The minimum absolute atomic E-state index is 0.757. The van der Waals surface area contributed by atoms with E-state index in [4.69, 9.17) is 14.7 Å². The van der Waals surface area contributed by atoms with Gasteiger partial charge in [-0.3, -0.25) is 9.80 Å². The average molecular weight is 891 g/mol. The molecule has 0 bridgehead atoms. The van der Waals surface area contributed by atoms with Crippen LogP contribution in [-0.4, -0.2) is 26.1 Å². The molecule has 11 rings (SSSR count). The van der Waals surface area contributed by atoms with E-state index in [0.29, 0.717) is 0 Å². The topological polar surface area (TPSA) is 41.5 Å². The molecule has 0 atom stereocenters. The molecule has 0 N–H and O–H groups in total. The number of nitrogens with zero attached hydrogens (tertiary/aromatic N) is 4. The molecule has 5 nitrogen and oxygen atoms in total. The second-order valence-corrected chi connectivity index (χ2v) is 30.2. The first-order chi connectivity index (χ1) is 31.8. The van der Waals surface area contributed by atoms with Crippen LogP contribution in [0.25, 0.3) is 21.9 Å². The number of aromatic nitrogens is 2. The number of ether oxygens (including phenoxy) is 1. The van der Waals surface area contributed by atoms with Gasteiger partial charge in [0, 0.05) is 46.0 Å². The summed E-state index contributed by atoms with van der Waals surface area (Å²) in [6, 6.07) is 62.8. The maximum Gasteiger partial charge on any atom is 0.137 e. The summed E-state index contributed by atoms with van der Waals surface area (Å²) in [5.41, 5.74) is 12.8. The summed E-state index contributed by atoms with van der Waals surface area (Å²) in [6.45, 7) is 18.6. The van der Waals surface area contributed by atoms with Gasteiger partial charge in [-0.2, -0.15) is 0 Å². The number of rotatable bonds is 8. The first-order valence-electron chi connectivity index (χ1n) is 23.1. The van der Waals surface area contributed by atoms with Crippen molar-refractivity contribution < 1.29 is 4.74 Å². The van der Waals surface area contributed by atoms with Crippen LogP contribution in [0.5, 0.6) is 11.5 Å². The van der Waals surface area contributed by atoms with Gasteiger partial charge in [-0.1, -0.05) is 153 Å². The summed E-state index contributed by atoms with van der Waals surface area (Å²) in [6.07, 6.45) is 3.95. The van der Waals surface area contributed by atoms with Crippen LogP contribution >= 0.6 is 0 Å². The van der Waals surface area contributed by atoms with Gasteiger partial charge in [0.2, 0.25) is 0 Å². The summed E-state index contributed by atoms with van der Waals surface area (Å²) in [7, 11) is -3.11. The molecule has 0 amide bonds. The van der Waals surface area contributed by atoms with Gasteiger partial charge in [-0.25, -0.2) is 9.97 Å². The van der Waals surface area contributed by atoms with Gasteiger partial charge >= 0.3 is 0 Å². The average Bonchev–Trinajstić information content (AvgIpc) is 3.60. The Kier molecular flexibility index (Phi) is 9.80. The van der Waals surface area contributed by atoms with Gasteiger partial charge in [0.15, 0.2) is 0 Å². The van der Waals surface area contributed by atoms with Crippen LogP contribution in [0.4, 0.5) is 34.4 Å². The zero-order valence-electron chi connectivity index (χ0n) is 39.0. The van der Waals surface area contributed by atoms with Crippen LogP contribution < -0.4 is 24.9 Å². The number of pyridine rings is 2. The van der Waals surface area contributed by atoms with Crippen LogP contribution in [-0.2, 0) is 5.41 Å². The molecular weight excluding hydrogens is 837 g/mol. The molecule has 0 radical (unpaired) electrons. The van der Waals surface area contributed by atoms with Crippen LogP contribution in [0.15, 0.2) is 182 Å². The highest BCUT2D eigenvalue weighted by molar-refractivity contribution is 6.89. The van der Waals surface area contributed by atoms with Gasteiger partial charge in [-0.05, 0) is 119 Å². The van der Waals surface area contributed by atoms with Crippen molar-refractivity contribution in [1.29, 1.82) is 0 Å². The van der Waals surface area contributed by atoms with Gasteiger partial charge in [0.05, 0.1) is 27.3 Å². The monoisotopic (exact) mass is 890 g/mol. The Bertz CT molecular complexity index is 3270. The van der Waals surface area contributed by atoms with E-state index in [9.17, 15) is 0 Å². The Hall–Kier alpha value is -7.07. The standard InChI is InChI=1S/C59H54N4OSi2/c1-39-21-33-56(60-37-39)62(41-23-28-44(29-24-41)65(3,4)5)43-27-32-48-51(35-43)59(49-17-11-13-19-54(49)64-55-20-14-12-18-50(55)59)52-36-53(46-15-9-10-16-47(46)58(48)52)63(57-34-22-40(2)38-61-57)42-25-30-45(31-26-42)66(6,7)8/h9-38H,1-8H3. The van der Waals surface area contributed by atoms with E-state index in [1.165, 1.54) is 38.0 Å². The van der Waals surface area contributed by atoms with Gasteiger partial charge in [-0.15, -0.1) is 0 Å². The first kappa shape index (κ1) is 41.6. The molecule has 1 spiro atoms. The molecule has 3 heterocycles. The highest BCUT2D eigenvalue weighted by atomic mass is 28.3. The summed E-state index contributed by atoms with van der Waals surface area (Å²) >= 11 is 0. The van der Waals surface area contributed by atoms with Crippen molar-refractivity contribution in [3.05, 3.63) is 216 Å². The number of hydrogen-bond acceptors (Lipinski definition) is 5. The van der Waals surface area contributed by atoms with Crippen LogP contribution in [0.3, 0.4) is 0 Å². The lowest BCUT2D eigenvalue weighted by atomic mass is 9.66. The predicted octanol–water partition coefficient (Wildman–Crippen LogP) is 14.7. The third-order valence-corrected chi connectivity index (χ3v) is 17.8. The molecule has 2 aromatic heterocycles. The Morgan fingerprint density at radius 1 is 0.439 bits per heavy atom. The highest BCUT2D eigenvalue weighted by Crippen LogP contribution is 2.65. The van der Waals surface area contributed by atoms with Crippen LogP contribution in [0, 0.1) is 13.8 Å². The Labute approximate surface area is 391 Å². The van der Waals surface area contributed by atoms with E-state index < -0.39 is 21.6 Å². The predicted molar refractivity (Wildman–Crippen MR) is 282 cm³/mol. The third-order valence-electron chi connectivity index (χ3n) is 13.6. The van der Waals surface area contributed by atoms with Crippen molar-refractivity contribution in [2.24, 2.45) is 0 Å². The Balaban J connectivity index is 1.23. The van der Waals surface area contributed by atoms with E-state index in [2.05, 4.69) is 233 Å². The molecule has 7 heteroatoms. The van der Waals surface area contributed by atoms with Crippen molar-refractivity contribution in [2.75, 3.05) is 9.80 Å². The summed E-state index contributed by atoms with van der Waals surface area (Å²) < 4.78 is 6.88. The molecule has 0 unspecified atom stereocenters. The summed E-state index contributed by atoms with van der Waals surface area (Å²) in [5, 5.41) is 5.18. The zero-order chi connectivity index (χ0) is 45.5. The summed E-state index contributed by atoms with van der Waals surface area (Å²) in [5.74, 6) is 3.45. The van der Waals surface area contributed by atoms with Crippen LogP contribution in [0.2, 0.25) is 39.3 Å². The van der Waals surface area contributed by atoms with E-state index in [1.54, 1.807) is 0 Å². The smallest absolute Gasteiger partial charge is 0.137 e. The van der Waals surface area contributed by atoms with Gasteiger partial charge in [0.1, 0.15) is 23.1 Å². The number of hydrogen-bond donors (Lipinski definition) is 0. The quantitative estimate of drug-likeness (QED) is 0.142. The summed E-state index contributed by atoms with van der Waals surface area (Å²) in [4.78, 5) is 14.9. The van der Waals surface area contributed by atoms with Gasteiger partial charge in [0.25, 0.3) is 0 Å². The van der Waals surface area contributed by atoms with Crippen molar-refractivity contribution in [3.8, 4) is 22.6 Å². The van der Waals surface area contributed by atoms with E-state index in [1.807, 2.05) is 12.4 Å². The molecule has 0 fully saturated rings. The van der Waals surface area contributed by atoms with Crippen molar-refractivity contribution in [2.45, 2.75) is 58.5 Å². The van der Waals surface area contributed by atoms with Crippen LogP contribution in [0.1, 0.15) is 33.4 Å². The van der Waals surface area contributed by atoms with E-state index in [-0.39, 0.29) is 0 Å². The van der Waals surface area contributed by atoms with Crippen molar-refractivity contribution >= 4 is 71.7 Å². The highest BCUT2D eigenvalue weighted by Gasteiger charge is 2.52. The molecule has 2 aliphatic rings. The number of anilines is 6. The third kappa shape index (κ3) is 6.71. The lowest BCUT2D eigenvalue weighted by Gasteiger charge is -2.40. The van der Waals surface area contributed by atoms with E-state index in [0.717, 1.165) is 73.5 Å². The Morgan fingerprint density at radius 3 is 1.45 bits per heavy atom. The van der Waals surface area contributed by atoms with Crippen molar-refractivity contribution in [3.63, 3.8) is 0 Å². The number of benzene rings is 7. The van der Waals surface area contributed by atoms with Gasteiger partial charge < -0.3 is 4.74 Å². The fraction of sp³-hybridized carbons (Fsp3) is 0.153. The zero-order valence-corrected chi connectivity index (χ0v) is 41.0. The van der Waals surface area contributed by atoms with E-state index >= 15 is 0 Å². The second-order valence-electron chi connectivity index (χ2n) is 20.1. The fourth-order valence-corrected chi connectivity index (χ4v) is 12.6. The molecule has 0 saturated heterocycles. The fourth-order valence-electron chi connectivity index (χ4n) is 10.3. The molecule has 0 saturated carbocycles. The van der Waals surface area contributed by atoms with Crippen molar-refractivity contribution in [1.82, 2.24) is 9.97 Å². The molecule has 66 heavy (non-hydrogen) atoms. The lowest BCUT2D eigenvalue weighted by molar-refractivity contribution is 0.436. The largest absolute Gasteiger partial charge is 0.457 e. The molecule has 9 aromatic rings. The minimum atomic E-state index is -1.57. The Morgan fingerprint density at radius 2 is 0.924 bits per heavy atom. The number of fused-ring (bicyclic) bond motifs is 11. The molecular formula is C59H54N4OSi2.